The zero-order chi connectivity index (χ0) is 17.7. The number of halogens is 1. The largest absolute Gasteiger partial charge is 0.388 e. The highest BCUT2D eigenvalue weighted by atomic mass is 19.1. The second kappa shape index (κ2) is 8.21. The molecule has 0 saturated carbocycles. The van der Waals surface area contributed by atoms with Crippen molar-refractivity contribution in [1.29, 1.82) is 0 Å². The Morgan fingerprint density at radius 3 is 2.67 bits per heavy atom. The number of aliphatic hydroxyl groups excluding tert-OH is 1. The second-order valence-electron chi connectivity index (χ2n) is 6.08. The number of nitrogens with zero attached hydrogens (tertiary/aromatic N) is 1. The SMILES string of the molecule is CNC(=O)NC(=O)[C@H](C)N1CCC[C@H]1C[C@@H](O)c1ccc(F)cc1. The van der Waals surface area contributed by atoms with Crippen LogP contribution in [-0.4, -0.2) is 47.6 Å². The Labute approximate surface area is 141 Å². The molecule has 3 atom stereocenters. The number of urea groups is 1. The fraction of sp³-hybridized carbons (Fsp3) is 0.529. The van der Waals surface area contributed by atoms with Gasteiger partial charge in [-0.3, -0.25) is 15.0 Å². The van der Waals surface area contributed by atoms with Crippen LogP contribution >= 0.6 is 0 Å². The van der Waals surface area contributed by atoms with E-state index in [1.54, 1.807) is 19.1 Å². The molecule has 1 saturated heterocycles. The lowest BCUT2D eigenvalue weighted by Gasteiger charge is -2.31. The molecule has 0 spiro atoms. The summed E-state index contributed by atoms with van der Waals surface area (Å²) in [6, 6.07) is 4.83. The van der Waals surface area contributed by atoms with Crippen molar-refractivity contribution in [3.05, 3.63) is 35.6 Å². The van der Waals surface area contributed by atoms with E-state index in [2.05, 4.69) is 10.6 Å². The first kappa shape index (κ1) is 18.4. The molecule has 1 aliphatic rings. The predicted molar refractivity (Wildman–Crippen MR) is 87.8 cm³/mol. The Morgan fingerprint density at radius 2 is 2.04 bits per heavy atom. The normalized spacial score (nSPS) is 20.4. The molecular formula is C17H24FN3O3. The van der Waals surface area contributed by atoms with E-state index in [1.807, 2.05) is 4.90 Å². The summed E-state index contributed by atoms with van der Waals surface area (Å²) in [5.41, 5.74) is 0.658. The van der Waals surface area contributed by atoms with Crippen molar-refractivity contribution in [3.8, 4) is 0 Å². The molecule has 2 rings (SSSR count). The number of hydrogen-bond acceptors (Lipinski definition) is 4. The number of nitrogens with one attached hydrogen (secondary N) is 2. The third-order valence-corrected chi connectivity index (χ3v) is 4.51. The summed E-state index contributed by atoms with van der Waals surface area (Å²) in [6.07, 6.45) is 1.54. The summed E-state index contributed by atoms with van der Waals surface area (Å²) in [7, 11) is 1.45. The van der Waals surface area contributed by atoms with E-state index in [0.717, 1.165) is 19.4 Å². The van der Waals surface area contributed by atoms with Crippen LogP contribution in [-0.2, 0) is 4.79 Å². The van der Waals surface area contributed by atoms with Crippen LogP contribution in [0.5, 0.6) is 0 Å². The molecule has 7 heteroatoms. The fourth-order valence-corrected chi connectivity index (χ4v) is 3.13. The van der Waals surface area contributed by atoms with Crippen LogP contribution in [0.15, 0.2) is 24.3 Å². The zero-order valence-corrected chi connectivity index (χ0v) is 14.0. The quantitative estimate of drug-likeness (QED) is 0.762. The van der Waals surface area contributed by atoms with Gasteiger partial charge >= 0.3 is 6.03 Å². The van der Waals surface area contributed by atoms with Crippen molar-refractivity contribution in [1.82, 2.24) is 15.5 Å². The smallest absolute Gasteiger partial charge is 0.321 e. The minimum absolute atomic E-state index is 0.0375. The molecule has 0 unspecified atom stereocenters. The van der Waals surface area contributed by atoms with Gasteiger partial charge < -0.3 is 10.4 Å². The number of carbonyl (C=O) groups is 2. The van der Waals surface area contributed by atoms with Gasteiger partial charge in [0.2, 0.25) is 5.91 Å². The zero-order valence-electron chi connectivity index (χ0n) is 14.0. The average molecular weight is 337 g/mol. The summed E-state index contributed by atoms with van der Waals surface area (Å²) in [6.45, 7) is 2.49. The van der Waals surface area contributed by atoms with Crippen molar-refractivity contribution in [2.45, 2.75) is 44.4 Å². The lowest BCUT2D eigenvalue weighted by atomic mass is 10.00. The molecule has 1 aromatic rings. The van der Waals surface area contributed by atoms with E-state index in [0.29, 0.717) is 12.0 Å². The van der Waals surface area contributed by atoms with Crippen LogP contribution in [0.2, 0.25) is 0 Å². The Morgan fingerprint density at radius 1 is 1.38 bits per heavy atom. The van der Waals surface area contributed by atoms with Gasteiger partial charge in [-0.15, -0.1) is 0 Å². The molecular weight excluding hydrogens is 313 g/mol. The van der Waals surface area contributed by atoms with E-state index in [4.69, 9.17) is 0 Å². The maximum atomic E-state index is 13.0. The number of amides is 3. The van der Waals surface area contributed by atoms with Crippen LogP contribution < -0.4 is 10.6 Å². The molecule has 132 valence electrons. The average Bonchev–Trinajstić information content (AvgIpc) is 3.02. The number of aliphatic hydroxyl groups is 1. The molecule has 3 amide bonds. The third kappa shape index (κ3) is 4.52. The summed E-state index contributed by atoms with van der Waals surface area (Å²) < 4.78 is 13.0. The number of benzene rings is 1. The highest BCUT2D eigenvalue weighted by Gasteiger charge is 2.33. The minimum Gasteiger partial charge on any atom is -0.388 e. The van der Waals surface area contributed by atoms with Gasteiger partial charge in [0.15, 0.2) is 0 Å². The van der Waals surface area contributed by atoms with Gasteiger partial charge in [-0.1, -0.05) is 12.1 Å². The highest BCUT2D eigenvalue weighted by Crippen LogP contribution is 2.29. The van der Waals surface area contributed by atoms with Crippen LogP contribution in [0.25, 0.3) is 0 Å². The van der Waals surface area contributed by atoms with Crippen molar-refractivity contribution in [2.24, 2.45) is 0 Å². The van der Waals surface area contributed by atoms with Crippen LogP contribution in [0.3, 0.4) is 0 Å². The first-order valence-electron chi connectivity index (χ1n) is 8.14. The number of likely N-dealkylation sites (tertiary alicyclic amines) is 1. The molecule has 0 aliphatic carbocycles. The summed E-state index contributed by atoms with van der Waals surface area (Å²) in [5, 5.41) is 15.0. The summed E-state index contributed by atoms with van der Waals surface area (Å²) in [5.74, 6) is -0.703. The van der Waals surface area contributed by atoms with Gasteiger partial charge in [0.05, 0.1) is 12.1 Å². The Hall–Kier alpha value is -1.99. The molecule has 1 aromatic carbocycles. The molecule has 6 nitrogen and oxygen atoms in total. The molecule has 0 aromatic heterocycles. The minimum atomic E-state index is -0.717. The van der Waals surface area contributed by atoms with Crippen molar-refractivity contribution < 1.29 is 19.1 Å². The van der Waals surface area contributed by atoms with E-state index in [9.17, 15) is 19.1 Å². The maximum absolute atomic E-state index is 13.0. The first-order valence-corrected chi connectivity index (χ1v) is 8.14. The number of imide groups is 1. The van der Waals surface area contributed by atoms with Crippen molar-refractivity contribution in [3.63, 3.8) is 0 Å². The summed E-state index contributed by atoms with van der Waals surface area (Å²) in [4.78, 5) is 25.4. The molecule has 1 fully saturated rings. The van der Waals surface area contributed by atoms with E-state index in [-0.39, 0.29) is 17.8 Å². The van der Waals surface area contributed by atoms with Crippen LogP contribution in [0.1, 0.15) is 37.9 Å². The molecule has 0 bridgehead atoms. The lowest BCUT2D eigenvalue weighted by molar-refractivity contribution is -0.125. The van der Waals surface area contributed by atoms with E-state index < -0.39 is 18.2 Å². The van der Waals surface area contributed by atoms with Gasteiger partial charge in [0.25, 0.3) is 0 Å². The topological polar surface area (TPSA) is 81.7 Å². The van der Waals surface area contributed by atoms with E-state index >= 15 is 0 Å². The van der Waals surface area contributed by atoms with Gasteiger partial charge in [-0.2, -0.15) is 0 Å². The molecule has 3 N–H and O–H groups in total. The van der Waals surface area contributed by atoms with Gasteiger partial charge in [0, 0.05) is 13.1 Å². The van der Waals surface area contributed by atoms with Gasteiger partial charge in [0.1, 0.15) is 5.82 Å². The summed E-state index contributed by atoms with van der Waals surface area (Å²) >= 11 is 0. The number of rotatable bonds is 5. The fourth-order valence-electron chi connectivity index (χ4n) is 3.13. The van der Waals surface area contributed by atoms with Gasteiger partial charge in [-0.25, -0.2) is 9.18 Å². The Bertz CT molecular complexity index is 579. The van der Waals surface area contributed by atoms with Crippen LogP contribution in [0, 0.1) is 5.82 Å². The Kier molecular flexibility index (Phi) is 6.28. The van der Waals surface area contributed by atoms with Crippen LogP contribution in [0.4, 0.5) is 9.18 Å². The predicted octanol–water partition coefficient (Wildman–Crippen LogP) is 1.56. The molecule has 0 radical (unpaired) electrons. The number of carbonyl (C=O) groups excluding carboxylic acids is 2. The lowest BCUT2D eigenvalue weighted by Crippen LogP contribution is -2.50. The van der Waals surface area contributed by atoms with Crippen molar-refractivity contribution in [2.75, 3.05) is 13.6 Å². The third-order valence-electron chi connectivity index (χ3n) is 4.51. The van der Waals surface area contributed by atoms with Crippen molar-refractivity contribution >= 4 is 11.9 Å². The molecule has 1 aliphatic heterocycles. The monoisotopic (exact) mass is 337 g/mol. The first-order chi connectivity index (χ1) is 11.4. The Balaban J connectivity index is 1.98. The molecule has 24 heavy (non-hydrogen) atoms. The standard InChI is InChI=1S/C17H24FN3O3/c1-11(16(23)20-17(24)19-2)21-9-3-4-14(21)10-15(22)12-5-7-13(18)8-6-12/h5-8,11,14-15,22H,3-4,9-10H2,1-2H3,(H2,19,20,23,24)/t11-,14-,15+/m0/s1. The van der Waals surface area contributed by atoms with Gasteiger partial charge in [-0.05, 0) is 50.4 Å². The molecule has 1 heterocycles. The maximum Gasteiger partial charge on any atom is 0.321 e. The second-order valence-corrected chi connectivity index (χ2v) is 6.08. The number of hydrogen-bond donors (Lipinski definition) is 3. The highest BCUT2D eigenvalue weighted by molar-refractivity contribution is 5.96. The van der Waals surface area contributed by atoms with E-state index in [1.165, 1.54) is 19.2 Å².